The zero-order chi connectivity index (χ0) is 22.8. The summed E-state index contributed by atoms with van der Waals surface area (Å²) in [5.41, 5.74) is 1.02. The molecular weight excluding hydrogens is 438 g/mol. The summed E-state index contributed by atoms with van der Waals surface area (Å²) in [4.78, 5) is 17.7. The molecule has 178 valence electrons. The normalized spacial score (nSPS) is 20.8. The number of nitrogens with zero attached hydrogens (tertiary/aromatic N) is 5. The van der Waals surface area contributed by atoms with Crippen LogP contribution in [-0.4, -0.2) is 65.2 Å². The number of amides is 1. The Hall–Kier alpha value is -2.42. The van der Waals surface area contributed by atoms with Gasteiger partial charge >= 0.3 is 0 Å². The van der Waals surface area contributed by atoms with Crippen LogP contribution in [0.15, 0.2) is 23.4 Å². The predicted molar refractivity (Wildman–Crippen MR) is 128 cm³/mol. The number of ether oxygens (including phenoxy) is 2. The lowest BCUT2D eigenvalue weighted by molar-refractivity contribution is -0.129. The molecular formula is C24H33N5O3S. The van der Waals surface area contributed by atoms with Crippen LogP contribution in [-0.2, 0) is 4.79 Å². The van der Waals surface area contributed by atoms with Gasteiger partial charge in [-0.25, -0.2) is 0 Å². The SMILES string of the molecule is COc1ccc(OC)c(C2CCCN2C(=O)CSc2nnc(N3CCCCC3)n2C2CC2)c1. The first-order chi connectivity index (χ1) is 16.2. The Kier molecular flexibility index (Phi) is 6.66. The third-order valence-electron chi connectivity index (χ3n) is 6.89. The van der Waals surface area contributed by atoms with Gasteiger partial charge < -0.3 is 19.3 Å². The van der Waals surface area contributed by atoms with Crippen LogP contribution in [0.3, 0.4) is 0 Å². The maximum atomic E-state index is 13.3. The molecule has 0 bridgehead atoms. The number of thioether (sulfide) groups is 1. The Bertz CT molecular complexity index is 986. The average Bonchev–Trinajstić information content (AvgIpc) is 3.41. The zero-order valence-corrected chi connectivity index (χ0v) is 20.4. The second-order valence-corrected chi connectivity index (χ2v) is 10.0. The largest absolute Gasteiger partial charge is 0.497 e. The standard InChI is InChI=1S/C24H33N5O3S/c1-31-18-10-11-21(32-2)19(15-18)20-7-6-14-28(20)22(30)16-33-24-26-25-23(29(24)17-8-9-17)27-12-4-3-5-13-27/h10-11,15,17,20H,3-9,12-14,16H2,1-2H3. The van der Waals surface area contributed by atoms with Crippen molar-refractivity contribution >= 4 is 23.6 Å². The minimum absolute atomic E-state index is 0.00774. The van der Waals surface area contributed by atoms with Crippen molar-refractivity contribution in [3.63, 3.8) is 0 Å². The van der Waals surface area contributed by atoms with Crippen LogP contribution in [0.5, 0.6) is 11.5 Å². The Morgan fingerprint density at radius 1 is 1.03 bits per heavy atom. The van der Waals surface area contributed by atoms with E-state index in [0.717, 1.165) is 60.6 Å². The van der Waals surface area contributed by atoms with Crippen molar-refractivity contribution in [2.75, 3.05) is 44.5 Å². The summed E-state index contributed by atoms with van der Waals surface area (Å²) in [6.07, 6.45) is 7.97. The van der Waals surface area contributed by atoms with Gasteiger partial charge in [0.1, 0.15) is 11.5 Å². The fourth-order valence-corrected chi connectivity index (χ4v) is 5.91. The number of carbonyl (C=O) groups is 1. The maximum absolute atomic E-state index is 13.3. The van der Waals surface area contributed by atoms with Crippen LogP contribution in [0.2, 0.25) is 0 Å². The second kappa shape index (κ2) is 9.83. The van der Waals surface area contributed by atoms with E-state index in [9.17, 15) is 4.79 Å². The zero-order valence-electron chi connectivity index (χ0n) is 19.5. The Labute approximate surface area is 199 Å². The number of piperidine rings is 1. The first-order valence-electron chi connectivity index (χ1n) is 12.0. The summed E-state index contributed by atoms with van der Waals surface area (Å²) in [5.74, 6) is 3.08. The van der Waals surface area contributed by atoms with Gasteiger partial charge in [0.15, 0.2) is 5.16 Å². The molecule has 1 unspecified atom stereocenters. The van der Waals surface area contributed by atoms with Crippen LogP contribution in [0.4, 0.5) is 5.95 Å². The van der Waals surface area contributed by atoms with E-state index >= 15 is 0 Å². The summed E-state index contributed by atoms with van der Waals surface area (Å²) in [6, 6.07) is 6.30. The molecule has 1 aromatic heterocycles. The molecule has 0 spiro atoms. The predicted octanol–water partition coefficient (Wildman–Crippen LogP) is 4.08. The summed E-state index contributed by atoms with van der Waals surface area (Å²) >= 11 is 1.53. The van der Waals surface area contributed by atoms with Crippen molar-refractivity contribution in [2.45, 2.75) is 62.2 Å². The molecule has 2 aliphatic heterocycles. The van der Waals surface area contributed by atoms with Crippen LogP contribution < -0.4 is 14.4 Å². The van der Waals surface area contributed by atoms with Gasteiger partial charge in [0.05, 0.1) is 26.0 Å². The number of anilines is 1. The quantitative estimate of drug-likeness (QED) is 0.537. The number of rotatable bonds is 8. The van der Waals surface area contributed by atoms with E-state index in [-0.39, 0.29) is 11.9 Å². The van der Waals surface area contributed by atoms with Crippen molar-refractivity contribution in [1.29, 1.82) is 0 Å². The highest BCUT2D eigenvalue weighted by Crippen LogP contribution is 2.42. The molecule has 2 saturated heterocycles. The van der Waals surface area contributed by atoms with Crippen LogP contribution >= 0.6 is 11.8 Å². The Balaban J connectivity index is 1.30. The Morgan fingerprint density at radius 3 is 2.58 bits per heavy atom. The van der Waals surface area contributed by atoms with E-state index in [2.05, 4.69) is 19.7 Å². The first kappa shape index (κ1) is 22.4. The van der Waals surface area contributed by atoms with E-state index < -0.39 is 0 Å². The molecule has 8 nitrogen and oxygen atoms in total. The van der Waals surface area contributed by atoms with Gasteiger partial charge in [0.2, 0.25) is 11.9 Å². The van der Waals surface area contributed by atoms with Gasteiger partial charge in [-0.05, 0) is 63.1 Å². The monoisotopic (exact) mass is 471 g/mol. The number of methoxy groups -OCH3 is 2. The average molecular weight is 472 g/mol. The summed E-state index contributed by atoms with van der Waals surface area (Å²) in [6.45, 7) is 2.86. The minimum Gasteiger partial charge on any atom is -0.497 e. The molecule has 3 aliphatic rings. The third-order valence-corrected chi connectivity index (χ3v) is 7.82. The summed E-state index contributed by atoms with van der Waals surface area (Å²) < 4.78 is 13.3. The van der Waals surface area contributed by atoms with Crippen molar-refractivity contribution in [3.8, 4) is 11.5 Å². The maximum Gasteiger partial charge on any atom is 0.233 e. The molecule has 0 radical (unpaired) electrons. The Morgan fingerprint density at radius 2 is 1.85 bits per heavy atom. The number of benzene rings is 1. The van der Waals surface area contributed by atoms with Gasteiger partial charge in [0.25, 0.3) is 0 Å². The van der Waals surface area contributed by atoms with Gasteiger partial charge in [-0.3, -0.25) is 9.36 Å². The number of hydrogen-bond acceptors (Lipinski definition) is 7. The molecule has 3 fully saturated rings. The van der Waals surface area contributed by atoms with Crippen molar-refractivity contribution in [1.82, 2.24) is 19.7 Å². The molecule has 1 aromatic carbocycles. The molecule has 33 heavy (non-hydrogen) atoms. The first-order valence-corrected chi connectivity index (χ1v) is 13.0. The fraction of sp³-hybridized carbons (Fsp3) is 0.625. The number of likely N-dealkylation sites (tertiary alicyclic amines) is 1. The lowest BCUT2D eigenvalue weighted by Crippen LogP contribution is -2.32. The molecule has 5 rings (SSSR count). The molecule has 3 heterocycles. The number of hydrogen-bond donors (Lipinski definition) is 0. The molecule has 0 N–H and O–H groups in total. The van der Waals surface area contributed by atoms with Crippen molar-refractivity contribution < 1.29 is 14.3 Å². The molecule has 1 atom stereocenters. The van der Waals surface area contributed by atoms with E-state index in [1.54, 1.807) is 14.2 Å². The minimum atomic E-state index is 0.00774. The van der Waals surface area contributed by atoms with Gasteiger partial charge in [0, 0.05) is 31.2 Å². The van der Waals surface area contributed by atoms with Crippen LogP contribution in [0, 0.1) is 0 Å². The highest BCUT2D eigenvalue weighted by Gasteiger charge is 2.34. The van der Waals surface area contributed by atoms with E-state index in [0.29, 0.717) is 11.8 Å². The topological polar surface area (TPSA) is 72.7 Å². The van der Waals surface area contributed by atoms with E-state index in [1.807, 2.05) is 23.1 Å². The molecule has 1 amide bonds. The molecule has 1 saturated carbocycles. The number of aromatic nitrogens is 3. The van der Waals surface area contributed by atoms with Crippen LogP contribution in [0.1, 0.15) is 62.6 Å². The van der Waals surface area contributed by atoms with E-state index in [4.69, 9.17) is 9.47 Å². The highest BCUT2D eigenvalue weighted by atomic mass is 32.2. The van der Waals surface area contributed by atoms with Gasteiger partial charge in [-0.2, -0.15) is 0 Å². The fourth-order valence-electron chi connectivity index (χ4n) is 5.03. The van der Waals surface area contributed by atoms with Crippen molar-refractivity contribution in [2.24, 2.45) is 0 Å². The smallest absolute Gasteiger partial charge is 0.233 e. The summed E-state index contributed by atoms with van der Waals surface area (Å²) in [5, 5.41) is 9.93. The lowest BCUT2D eigenvalue weighted by atomic mass is 10.0. The van der Waals surface area contributed by atoms with Gasteiger partial charge in [-0.15, -0.1) is 10.2 Å². The highest BCUT2D eigenvalue weighted by molar-refractivity contribution is 7.99. The lowest BCUT2D eigenvalue weighted by Gasteiger charge is -2.28. The van der Waals surface area contributed by atoms with Crippen molar-refractivity contribution in [3.05, 3.63) is 23.8 Å². The number of carbonyl (C=O) groups excluding carboxylic acids is 1. The van der Waals surface area contributed by atoms with Crippen LogP contribution in [0.25, 0.3) is 0 Å². The molecule has 1 aliphatic carbocycles. The summed E-state index contributed by atoms with van der Waals surface area (Å²) in [7, 11) is 3.33. The third kappa shape index (κ3) is 4.65. The second-order valence-electron chi connectivity index (χ2n) is 9.07. The molecule has 9 heteroatoms. The van der Waals surface area contributed by atoms with E-state index in [1.165, 1.54) is 43.9 Å². The molecule has 2 aromatic rings. The van der Waals surface area contributed by atoms with Gasteiger partial charge in [-0.1, -0.05) is 11.8 Å².